The molecule has 3 amide bonds. The van der Waals surface area contributed by atoms with E-state index in [0.29, 0.717) is 17.8 Å². The molecular weight excluding hydrogens is 440 g/mol. The van der Waals surface area contributed by atoms with Crippen LogP contribution in [0.1, 0.15) is 53.1 Å². The van der Waals surface area contributed by atoms with Crippen LogP contribution >= 0.6 is 0 Å². The van der Waals surface area contributed by atoms with Crippen molar-refractivity contribution in [2.75, 3.05) is 22.2 Å². The highest BCUT2D eigenvalue weighted by Gasteiger charge is 2.36. The fourth-order valence-corrected chi connectivity index (χ4v) is 4.65. The molecular formula is C28H32N4O3. The summed E-state index contributed by atoms with van der Waals surface area (Å²) in [4.78, 5) is 40.5. The van der Waals surface area contributed by atoms with E-state index in [2.05, 4.69) is 24.6 Å². The lowest BCUT2D eigenvalue weighted by atomic mass is 10.0. The average Bonchev–Trinajstić information content (AvgIpc) is 3.40. The summed E-state index contributed by atoms with van der Waals surface area (Å²) in [7, 11) is 0. The molecule has 0 radical (unpaired) electrons. The molecule has 3 aromatic rings. The van der Waals surface area contributed by atoms with Gasteiger partial charge in [-0.25, -0.2) is 0 Å². The molecule has 1 fully saturated rings. The Morgan fingerprint density at radius 1 is 0.943 bits per heavy atom. The van der Waals surface area contributed by atoms with E-state index in [1.807, 2.05) is 44.2 Å². The van der Waals surface area contributed by atoms with Gasteiger partial charge in [-0.05, 0) is 68.1 Å². The van der Waals surface area contributed by atoms with Crippen molar-refractivity contribution >= 4 is 29.1 Å². The van der Waals surface area contributed by atoms with Gasteiger partial charge >= 0.3 is 0 Å². The number of rotatable bonds is 7. The normalized spacial score (nSPS) is 15.4. The van der Waals surface area contributed by atoms with E-state index in [9.17, 15) is 14.4 Å². The first-order valence-electron chi connectivity index (χ1n) is 12.1. The number of hydrogen-bond donors (Lipinski definition) is 2. The fraction of sp³-hybridized carbons (Fsp3) is 0.321. The number of carbonyl (C=O) groups excluding carboxylic acids is 3. The summed E-state index contributed by atoms with van der Waals surface area (Å²) in [6.45, 7) is 8.33. The first-order valence-corrected chi connectivity index (χ1v) is 12.1. The topological polar surface area (TPSA) is 83.4 Å². The van der Waals surface area contributed by atoms with Crippen LogP contribution in [0.25, 0.3) is 0 Å². The predicted octanol–water partition coefficient (Wildman–Crippen LogP) is 4.61. The fourth-order valence-electron chi connectivity index (χ4n) is 4.65. The predicted molar refractivity (Wildman–Crippen MR) is 138 cm³/mol. The molecule has 4 rings (SSSR count). The molecule has 2 heterocycles. The highest BCUT2D eigenvalue weighted by atomic mass is 16.2. The molecule has 1 aliphatic heterocycles. The molecule has 0 saturated carbocycles. The van der Waals surface area contributed by atoms with Crippen LogP contribution in [0.3, 0.4) is 0 Å². The molecule has 1 aromatic heterocycles. The van der Waals surface area contributed by atoms with Crippen LogP contribution in [0.2, 0.25) is 0 Å². The standard InChI is InChI=1S/C28H32N4O3/c1-5-20-9-7-10-21(6-2)26(20)31-17-23(16-25(31)33)27(34)29-24-12-8-11-22(15-24)28(35)30-32-18(3)13-14-19(32)4/h7-15,23H,5-6,16-17H2,1-4H3,(H,29,34)(H,30,35)/t23-/m1/s1. The maximum atomic E-state index is 13.1. The summed E-state index contributed by atoms with van der Waals surface area (Å²) in [6, 6.07) is 16.8. The van der Waals surface area contributed by atoms with Gasteiger partial charge in [0.2, 0.25) is 11.8 Å². The molecule has 2 N–H and O–H groups in total. The Morgan fingerprint density at radius 3 is 2.20 bits per heavy atom. The highest BCUT2D eigenvalue weighted by molar-refractivity contribution is 6.05. The second kappa shape index (κ2) is 10.2. The first-order chi connectivity index (χ1) is 16.8. The number of amides is 3. The number of hydrogen-bond acceptors (Lipinski definition) is 3. The third-order valence-electron chi connectivity index (χ3n) is 6.61. The van der Waals surface area contributed by atoms with Crippen molar-refractivity contribution in [1.29, 1.82) is 0 Å². The first kappa shape index (κ1) is 24.3. The maximum absolute atomic E-state index is 13.1. The monoisotopic (exact) mass is 472 g/mol. The van der Waals surface area contributed by atoms with Crippen molar-refractivity contribution in [3.05, 3.63) is 82.7 Å². The maximum Gasteiger partial charge on any atom is 0.270 e. The zero-order chi connectivity index (χ0) is 25.1. The third kappa shape index (κ3) is 4.99. The number of aryl methyl sites for hydroxylation is 4. The third-order valence-corrected chi connectivity index (χ3v) is 6.61. The number of carbonyl (C=O) groups is 3. The molecule has 35 heavy (non-hydrogen) atoms. The number of nitrogens with one attached hydrogen (secondary N) is 2. The van der Waals surface area contributed by atoms with E-state index < -0.39 is 5.92 Å². The SMILES string of the molecule is CCc1cccc(CC)c1N1C[C@H](C(=O)Nc2cccc(C(=O)Nn3c(C)ccc3C)c2)CC1=O. The Morgan fingerprint density at radius 2 is 1.57 bits per heavy atom. The minimum absolute atomic E-state index is 0.0358. The van der Waals surface area contributed by atoms with Crippen LogP contribution in [-0.4, -0.2) is 28.9 Å². The highest BCUT2D eigenvalue weighted by Crippen LogP contribution is 2.33. The van der Waals surface area contributed by atoms with E-state index >= 15 is 0 Å². The van der Waals surface area contributed by atoms with Gasteiger partial charge in [0, 0.05) is 41.3 Å². The summed E-state index contributed by atoms with van der Waals surface area (Å²) < 4.78 is 1.73. The average molecular weight is 473 g/mol. The van der Waals surface area contributed by atoms with E-state index in [1.165, 1.54) is 0 Å². The van der Waals surface area contributed by atoms with E-state index in [4.69, 9.17) is 0 Å². The van der Waals surface area contributed by atoms with Crippen LogP contribution in [0.5, 0.6) is 0 Å². The van der Waals surface area contributed by atoms with Gasteiger partial charge in [0.15, 0.2) is 0 Å². The molecule has 182 valence electrons. The number of anilines is 2. The molecule has 2 aromatic carbocycles. The second-order valence-electron chi connectivity index (χ2n) is 9.00. The number of aromatic nitrogens is 1. The van der Waals surface area contributed by atoms with Crippen molar-refractivity contribution in [2.45, 2.75) is 47.0 Å². The quantitative estimate of drug-likeness (QED) is 0.527. The Bertz CT molecular complexity index is 1240. The lowest BCUT2D eigenvalue weighted by Gasteiger charge is -2.23. The summed E-state index contributed by atoms with van der Waals surface area (Å²) in [5.74, 6) is -0.984. The van der Waals surface area contributed by atoms with Crippen molar-refractivity contribution in [3.63, 3.8) is 0 Å². The number of para-hydroxylation sites is 1. The second-order valence-corrected chi connectivity index (χ2v) is 9.00. The molecule has 1 aliphatic rings. The molecule has 0 aliphatic carbocycles. The van der Waals surface area contributed by atoms with Crippen LogP contribution in [0, 0.1) is 19.8 Å². The van der Waals surface area contributed by atoms with Gasteiger partial charge in [0.05, 0.1) is 5.92 Å². The molecule has 0 spiro atoms. The van der Waals surface area contributed by atoms with E-state index in [1.54, 1.807) is 33.8 Å². The van der Waals surface area contributed by atoms with E-state index in [0.717, 1.165) is 41.0 Å². The minimum atomic E-state index is -0.459. The van der Waals surface area contributed by atoms with Gasteiger partial charge < -0.3 is 10.2 Å². The van der Waals surface area contributed by atoms with Crippen molar-refractivity contribution in [2.24, 2.45) is 5.92 Å². The van der Waals surface area contributed by atoms with Crippen LogP contribution < -0.4 is 15.6 Å². The largest absolute Gasteiger partial charge is 0.326 e. The number of benzene rings is 2. The van der Waals surface area contributed by atoms with E-state index in [-0.39, 0.29) is 24.1 Å². The van der Waals surface area contributed by atoms with Crippen LogP contribution in [0.4, 0.5) is 11.4 Å². The lowest BCUT2D eigenvalue weighted by molar-refractivity contribution is -0.122. The van der Waals surface area contributed by atoms with Crippen molar-refractivity contribution in [3.8, 4) is 0 Å². The Labute approximate surface area is 206 Å². The van der Waals surface area contributed by atoms with Gasteiger partial charge in [0.25, 0.3) is 5.91 Å². The molecule has 7 nitrogen and oxygen atoms in total. The molecule has 0 bridgehead atoms. The van der Waals surface area contributed by atoms with Crippen molar-refractivity contribution in [1.82, 2.24) is 4.68 Å². The molecule has 7 heteroatoms. The smallest absolute Gasteiger partial charge is 0.270 e. The Balaban J connectivity index is 1.47. The van der Waals surface area contributed by atoms with Gasteiger partial charge in [-0.1, -0.05) is 38.1 Å². The Hall–Kier alpha value is -3.87. The summed E-state index contributed by atoms with van der Waals surface area (Å²) in [5, 5.41) is 2.91. The summed E-state index contributed by atoms with van der Waals surface area (Å²) >= 11 is 0. The molecule has 0 unspecified atom stereocenters. The zero-order valence-corrected chi connectivity index (χ0v) is 20.7. The summed E-state index contributed by atoms with van der Waals surface area (Å²) in [5.41, 5.74) is 8.86. The minimum Gasteiger partial charge on any atom is -0.326 e. The van der Waals surface area contributed by atoms with Gasteiger partial charge in [0.1, 0.15) is 0 Å². The van der Waals surface area contributed by atoms with Crippen molar-refractivity contribution < 1.29 is 14.4 Å². The molecule has 1 saturated heterocycles. The van der Waals surface area contributed by atoms with Crippen LogP contribution in [-0.2, 0) is 22.4 Å². The van der Waals surface area contributed by atoms with Gasteiger partial charge in [-0.15, -0.1) is 0 Å². The molecule has 1 atom stereocenters. The van der Waals surface area contributed by atoms with Gasteiger partial charge in [-0.3, -0.25) is 24.5 Å². The lowest BCUT2D eigenvalue weighted by Crippen LogP contribution is -2.29. The van der Waals surface area contributed by atoms with Gasteiger partial charge in [-0.2, -0.15) is 0 Å². The number of nitrogens with zero attached hydrogens (tertiary/aromatic N) is 2. The zero-order valence-electron chi connectivity index (χ0n) is 20.7. The Kier molecular flexibility index (Phi) is 7.05. The van der Waals surface area contributed by atoms with Crippen LogP contribution in [0.15, 0.2) is 54.6 Å². The summed E-state index contributed by atoms with van der Waals surface area (Å²) in [6.07, 6.45) is 1.81.